The molecule has 0 bridgehead atoms. The molecule has 0 aromatic heterocycles. The molecular weight excluding hydrogens is 357 g/mol. The fraction of sp³-hybridized carbons (Fsp3) is 0.136. The summed E-state index contributed by atoms with van der Waals surface area (Å²) in [6.45, 7) is 0. The maximum atomic E-state index is 13.9. The van der Waals surface area contributed by atoms with E-state index >= 15 is 0 Å². The smallest absolute Gasteiger partial charge is 0.258 e. The summed E-state index contributed by atoms with van der Waals surface area (Å²) in [5.41, 5.74) is 0.663. The zero-order valence-corrected chi connectivity index (χ0v) is 15.2. The summed E-state index contributed by atoms with van der Waals surface area (Å²) < 4.78 is 13.9. The molecule has 0 aliphatic carbocycles. The second kappa shape index (κ2) is 8.31. The SMILES string of the molecule is CN(C#N)C(=O)C(Cc1ccc2ccccc2c1)NC(=O)c1ccccc1F. The molecule has 0 spiro atoms. The zero-order valence-electron chi connectivity index (χ0n) is 15.2. The van der Waals surface area contributed by atoms with Gasteiger partial charge in [0, 0.05) is 13.5 Å². The van der Waals surface area contributed by atoms with Crippen LogP contribution in [-0.4, -0.2) is 29.8 Å². The number of likely N-dealkylation sites (N-methyl/N-ethyl adjacent to an activating group) is 1. The molecule has 0 heterocycles. The number of hydrogen-bond donors (Lipinski definition) is 1. The van der Waals surface area contributed by atoms with Crippen molar-refractivity contribution >= 4 is 22.6 Å². The van der Waals surface area contributed by atoms with Gasteiger partial charge in [-0.25, -0.2) is 4.39 Å². The molecule has 0 saturated carbocycles. The molecule has 3 aromatic carbocycles. The lowest BCUT2D eigenvalue weighted by atomic mass is 10.0. The van der Waals surface area contributed by atoms with Gasteiger partial charge in [-0.05, 0) is 28.5 Å². The summed E-state index contributed by atoms with van der Waals surface area (Å²) in [4.78, 5) is 25.9. The van der Waals surface area contributed by atoms with E-state index in [2.05, 4.69) is 5.32 Å². The minimum absolute atomic E-state index is 0.154. The van der Waals surface area contributed by atoms with Crippen molar-refractivity contribution in [2.45, 2.75) is 12.5 Å². The number of nitrogens with one attached hydrogen (secondary N) is 1. The number of fused-ring (bicyclic) bond motifs is 1. The van der Waals surface area contributed by atoms with Crippen LogP contribution >= 0.6 is 0 Å². The molecule has 28 heavy (non-hydrogen) atoms. The Balaban J connectivity index is 1.88. The quantitative estimate of drug-likeness (QED) is 0.549. The van der Waals surface area contributed by atoms with E-state index in [9.17, 15) is 14.0 Å². The Morgan fingerprint density at radius 2 is 1.75 bits per heavy atom. The van der Waals surface area contributed by atoms with E-state index in [-0.39, 0.29) is 12.0 Å². The molecule has 0 fully saturated rings. The first-order valence-electron chi connectivity index (χ1n) is 8.70. The number of halogens is 1. The van der Waals surface area contributed by atoms with Crippen molar-refractivity contribution in [2.24, 2.45) is 0 Å². The molecule has 0 saturated heterocycles. The topological polar surface area (TPSA) is 73.2 Å². The van der Waals surface area contributed by atoms with Crippen molar-refractivity contribution in [3.05, 3.63) is 83.7 Å². The van der Waals surface area contributed by atoms with Gasteiger partial charge >= 0.3 is 0 Å². The molecular formula is C22H18FN3O2. The van der Waals surface area contributed by atoms with Crippen LogP contribution in [0.15, 0.2) is 66.7 Å². The van der Waals surface area contributed by atoms with Gasteiger partial charge < -0.3 is 5.32 Å². The summed E-state index contributed by atoms with van der Waals surface area (Å²) in [6.07, 6.45) is 1.92. The molecule has 6 heteroatoms. The number of nitriles is 1. The van der Waals surface area contributed by atoms with E-state index in [1.54, 1.807) is 12.3 Å². The van der Waals surface area contributed by atoms with Crippen molar-refractivity contribution in [1.82, 2.24) is 10.2 Å². The van der Waals surface area contributed by atoms with Crippen LogP contribution in [0.25, 0.3) is 10.8 Å². The fourth-order valence-corrected chi connectivity index (χ4v) is 2.97. The van der Waals surface area contributed by atoms with Gasteiger partial charge in [0.25, 0.3) is 11.8 Å². The number of nitrogens with zero attached hydrogens (tertiary/aromatic N) is 2. The highest BCUT2D eigenvalue weighted by molar-refractivity contribution is 5.98. The Morgan fingerprint density at radius 3 is 2.46 bits per heavy atom. The molecule has 3 aromatic rings. The van der Waals surface area contributed by atoms with E-state index in [1.807, 2.05) is 42.5 Å². The van der Waals surface area contributed by atoms with Gasteiger partial charge in [-0.1, -0.05) is 54.6 Å². The number of rotatable bonds is 5. The van der Waals surface area contributed by atoms with Crippen LogP contribution in [0.1, 0.15) is 15.9 Å². The fourth-order valence-electron chi connectivity index (χ4n) is 2.97. The van der Waals surface area contributed by atoms with Gasteiger partial charge in [0.15, 0.2) is 6.19 Å². The lowest BCUT2D eigenvalue weighted by molar-refractivity contribution is -0.129. The Bertz CT molecular complexity index is 1070. The molecule has 140 valence electrons. The Labute approximate surface area is 162 Å². The van der Waals surface area contributed by atoms with Crippen molar-refractivity contribution in [2.75, 3.05) is 7.05 Å². The molecule has 0 aliphatic rings. The molecule has 0 radical (unpaired) electrons. The monoisotopic (exact) mass is 375 g/mol. The van der Waals surface area contributed by atoms with E-state index in [0.29, 0.717) is 0 Å². The Morgan fingerprint density at radius 1 is 1.07 bits per heavy atom. The highest BCUT2D eigenvalue weighted by atomic mass is 19.1. The van der Waals surface area contributed by atoms with Gasteiger partial charge in [0.2, 0.25) is 0 Å². The van der Waals surface area contributed by atoms with Crippen LogP contribution < -0.4 is 5.32 Å². The third-order valence-electron chi connectivity index (χ3n) is 4.46. The molecule has 3 rings (SSSR count). The molecule has 1 unspecified atom stereocenters. The first-order valence-corrected chi connectivity index (χ1v) is 8.70. The van der Waals surface area contributed by atoms with Crippen molar-refractivity contribution in [1.29, 1.82) is 5.26 Å². The van der Waals surface area contributed by atoms with Gasteiger partial charge in [0.1, 0.15) is 11.9 Å². The number of hydrogen-bond acceptors (Lipinski definition) is 3. The second-order valence-electron chi connectivity index (χ2n) is 6.39. The summed E-state index contributed by atoms with van der Waals surface area (Å²) in [5, 5.41) is 13.7. The summed E-state index contributed by atoms with van der Waals surface area (Å²) in [5.74, 6) is -1.95. The van der Waals surface area contributed by atoms with Crippen LogP contribution in [0, 0.1) is 17.3 Å². The highest BCUT2D eigenvalue weighted by Gasteiger charge is 2.26. The first-order chi connectivity index (χ1) is 13.5. The summed E-state index contributed by atoms with van der Waals surface area (Å²) in [7, 11) is 1.32. The highest BCUT2D eigenvalue weighted by Crippen LogP contribution is 2.17. The number of carbonyl (C=O) groups excluding carboxylic acids is 2. The van der Waals surface area contributed by atoms with Crippen LogP contribution in [0.4, 0.5) is 4.39 Å². The normalized spacial score (nSPS) is 11.5. The lowest BCUT2D eigenvalue weighted by Crippen LogP contribution is -2.47. The van der Waals surface area contributed by atoms with Gasteiger partial charge in [0.05, 0.1) is 5.56 Å². The van der Waals surface area contributed by atoms with Crippen molar-refractivity contribution < 1.29 is 14.0 Å². The second-order valence-corrected chi connectivity index (χ2v) is 6.39. The average Bonchev–Trinajstić information content (AvgIpc) is 2.72. The maximum absolute atomic E-state index is 13.9. The molecule has 1 N–H and O–H groups in total. The van der Waals surface area contributed by atoms with Crippen LogP contribution in [-0.2, 0) is 11.2 Å². The van der Waals surface area contributed by atoms with E-state index < -0.39 is 23.7 Å². The standard InChI is InChI=1S/C22H18FN3O2/c1-26(14-24)22(28)20(25-21(27)18-8-4-5-9-19(18)23)13-15-10-11-16-6-2-3-7-17(16)12-15/h2-12,20H,13H2,1H3,(H,25,27). The van der Waals surface area contributed by atoms with Gasteiger partial charge in [-0.15, -0.1) is 0 Å². The molecule has 5 nitrogen and oxygen atoms in total. The van der Waals surface area contributed by atoms with Crippen LogP contribution in [0.5, 0.6) is 0 Å². The Kier molecular flexibility index (Phi) is 5.66. The third kappa shape index (κ3) is 4.15. The van der Waals surface area contributed by atoms with Crippen LogP contribution in [0.3, 0.4) is 0 Å². The van der Waals surface area contributed by atoms with E-state index in [0.717, 1.165) is 21.2 Å². The zero-order chi connectivity index (χ0) is 20.1. The molecule has 0 aliphatic heterocycles. The summed E-state index contributed by atoms with van der Waals surface area (Å²) >= 11 is 0. The average molecular weight is 375 g/mol. The van der Waals surface area contributed by atoms with Gasteiger partial charge in [-0.3, -0.25) is 14.5 Å². The third-order valence-corrected chi connectivity index (χ3v) is 4.46. The lowest BCUT2D eigenvalue weighted by Gasteiger charge is -2.20. The van der Waals surface area contributed by atoms with Crippen molar-refractivity contribution in [3.8, 4) is 6.19 Å². The molecule has 1 atom stereocenters. The number of carbonyl (C=O) groups is 2. The minimum atomic E-state index is -1.00. The first kappa shape index (κ1) is 19.1. The van der Waals surface area contributed by atoms with E-state index in [1.165, 1.54) is 25.2 Å². The Hall–Kier alpha value is -3.72. The van der Waals surface area contributed by atoms with Gasteiger partial charge in [-0.2, -0.15) is 5.26 Å². The van der Waals surface area contributed by atoms with Crippen LogP contribution in [0.2, 0.25) is 0 Å². The van der Waals surface area contributed by atoms with Crippen molar-refractivity contribution in [3.63, 3.8) is 0 Å². The van der Waals surface area contributed by atoms with E-state index in [4.69, 9.17) is 5.26 Å². The minimum Gasteiger partial charge on any atom is -0.340 e. The number of amides is 2. The largest absolute Gasteiger partial charge is 0.340 e. The predicted molar refractivity (Wildman–Crippen MR) is 104 cm³/mol. The molecule has 2 amide bonds. The number of benzene rings is 3. The maximum Gasteiger partial charge on any atom is 0.258 e. The predicted octanol–water partition coefficient (Wildman–Crippen LogP) is 3.26. The summed E-state index contributed by atoms with van der Waals surface area (Å²) in [6, 6.07) is 18.0.